The Morgan fingerprint density at radius 2 is 1.50 bits per heavy atom. The first kappa shape index (κ1) is 36.3. The molecule has 1 aliphatic rings. The van der Waals surface area contributed by atoms with Crippen LogP contribution in [0.3, 0.4) is 0 Å². The number of hydrogen-bond acceptors (Lipinski definition) is 8. The van der Waals surface area contributed by atoms with Crippen LogP contribution in [0.4, 0.5) is 14.5 Å². The average Bonchev–Trinajstić information content (AvgIpc) is 3.11. The van der Waals surface area contributed by atoms with Crippen molar-refractivity contribution in [3.05, 3.63) is 95.6 Å². The molecule has 4 atom stereocenters. The molecule has 4 amide bonds. The molecule has 1 saturated heterocycles. The molecule has 0 aliphatic carbocycles. The van der Waals surface area contributed by atoms with Crippen LogP contribution in [0.25, 0.3) is 0 Å². The van der Waals surface area contributed by atoms with Crippen LogP contribution < -0.4 is 25.6 Å². The number of amides is 4. The van der Waals surface area contributed by atoms with Gasteiger partial charge in [-0.1, -0.05) is 45.0 Å². The van der Waals surface area contributed by atoms with Crippen molar-refractivity contribution < 1.29 is 49.1 Å². The van der Waals surface area contributed by atoms with E-state index < -0.39 is 83.9 Å². The number of anilines is 1. The minimum absolute atomic E-state index is 0.160. The molecule has 266 valence electrons. The molecule has 15 heteroatoms. The zero-order chi connectivity index (χ0) is 37.3. The summed E-state index contributed by atoms with van der Waals surface area (Å²) in [5, 5.41) is 26.3. The highest BCUT2D eigenvalue weighted by Crippen LogP contribution is 2.46. The highest BCUT2D eigenvalue weighted by atomic mass is 32.2. The molecule has 3 aromatic carbocycles. The number of benzene rings is 3. The second-order valence-corrected chi connectivity index (χ2v) is 13.4. The quantitative estimate of drug-likeness (QED) is 0.148. The van der Waals surface area contributed by atoms with Gasteiger partial charge in [-0.25, -0.2) is 13.6 Å². The summed E-state index contributed by atoms with van der Waals surface area (Å²) in [6, 6.07) is 15.7. The van der Waals surface area contributed by atoms with E-state index in [9.17, 15) is 43.0 Å². The molecule has 0 saturated carbocycles. The normalized spacial score (nSPS) is 17.1. The van der Waals surface area contributed by atoms with E-state index in [1.165, 1.54) is 79.0 Å². The van der Waals surface area contributed by atoms with Crippen LogP contribution >= 0.6 is 11.8 Å². The number of hydrogen-bond donors (Lipinski definition) is 5. The maximum Gasteiger partial charge on any atom is 0.326 e. The number of aliphatic hydroxyl groups is 1. The monoisotopic (exact) mass is 713 g/mol. The van der Waals surface area contributed by atoms with Crippen LogP contribution in [0, 0.1) is 17.0 Å². The summed E-state index contributed by atoms with van der Waals surface area (Å²) in [5.41, 5.74) is 0.664. The molecule has 1 aliphatic heterocycles. The van der Waals surface area contributed by atoms with Crippen molar-refractivity contribution in [2.24, 2.45) is 5.41 Å². The second-order valence-electron chi connectivity index (χ2n) is 12.2. The van der Waals surface area contributed by atoms with E-state index in [1.54, 1.807) is 24.3 Å². The first-order chi connectivity index (χ1) is 24.2. The number of rotatable bonds is 15. The summed E-state index contributed by atoms with van der Waals surface area (Å²) >= 11 is 1.24. The van der Waals surface area contributed by atoms with E-state index >= 15 is 0 Å². The number of carboxylic acid groups (broad SMARTS) is 1. The molecule has 50 heavy (non-hydrogen) atoms. The maximum atomic E-state index is 13.6. The van der Waals surface area contributed by atoms with E-state index in [1.807, 2.05) is 0 Å². The number of carbonyl (C=O) groups is 5. The van der Waals surface area contributed by atoms with E-state index in [2.05, 4.69) is 16.0 Å². The first-order valence-corrected chi connectivity index (χ1v) is 16.5. The van der Waals surface area contributed by atoms with Gasteiger partial charge in [-0.3, -0.25) is 19.2 Å². The van der Waals surface area contributed by atoms with Crippen LogP contribution in [-0.4, -0.2) is 76.6 Å². The first-order valence-electron chi connectivity index (χ1n) is 16.1. The zero-order valence-electron chi connectivity index (χ0n) is 28.2. The number of aliphatic hydroxyl groups excluding tert-OH is 1. The third kappa shape index (κ3) is 10.0. The van der Waals surface area contributed by atoms with E-state index in [-0.39, 0.29) is 18.6 Å². The van der Waals surface area contributed by atoms with Gasteiger partial charge >= 0.3 is 5.97 Å². The smallest absolute Gasteiger partial charge is 0.326 e. The lowest BCUT2D eigenvalue weighted by Crippen LogP contribution is -2.57. The summed E-state index contributed by atoms with van der Waals surface area (Å²) in [7, 11) is 0. The molecule has 12 nitrogen and oxygen atoms in total. The molecule has 5 N–H and O–H groups in total. The SMILES string of the molecule is [2H]CC(C)(C)[C@H](NC(=O)CNC(=O)CNC(=O)COc1ccc([C@@H]2[C@@H](SCC(O)c3ccc(F)cc3)C(=O)N2c2ccc(F)cc2)cc1)C(=O)O. The van der Waals surface area contributed by atoms with Crippen LogP contribution in [0.5, 0.6) is 5.75 Å². The number of nitrogens with one attached hydrogen (secondary N) is 3. The van der Waals surface area contributed by atoms with Gasteiger partial charge in [0.2, 0.25) is 17.7 Å². The Morgan fingerprint density at radius 3 is 2.10 bits per heavy atom. The number of ether oxygens (including phenoxy) is 1. The van der Waals surface area contributed by atoms with Crippen LogP contribution in [0.1, 0.15) is 45.4 Å². The van der Waals surface area contributed by atoms with E-state index in [0.717, 1.165) is 0 Å². The van der Waals surface area contributed by atoms with Crippen molar-refractivity contribution in [2.75, 3.05) is 30.3 Å². The molecule has 1 unspecified atom stereocenters. The average molecular weight is 714 g/mol. The lowest BCUT2D eigenvalue weighted by molar-refractivity contribution is -0.144. The highest BCUT2D eigenvalue weighted by Gasteiger charge is 2.49. The Morgan fingerprint density at radius 1 is 0.920 bits per heavy atom. The number of β-lactam (4-membered cyclic amide) rings is 1. The Hall–Kier alpha value is -5.02. The summed E-state index contributed by atoms with van der Waals surface area (Å²) in [4.78, 5) is 62.9. The van der Waals surface area contributed by atoms with Crippen molar-refractivity contribution in [3.8, 4) is 5.75 Å². The van der Waals surface area contributed by atoms with E-state index in [4.69, 9.17) is 6.11 Å². The lowest BCUT2D eigenvalue weighted by Gasteiger charge is -2.47. The summed E-state index contributed by atoms with van der Waals surface area (Å²) in [6.45, 7) is 1.34. The molecule has 0 bridgehead atoms. The second kappa shape index (κ2) is 16.6. The fraction of sp³-hybridized carbons (Fsp3) is 0.343. The number of halogens is 2. The molecule has 0 spiro atoms. The Kier molecular flexibility index (Phi) is 12.0. The highest BCUT2D eigenvalue weighted by molar-refractivity contribution is 8.00. The van der Waals surface area contributed by atoms with Gasteiger partial charge in [-0.2, -0.15) is 0 Å². The predicted molar refractivity (Wildman–Crippen MR) is 181 cm³/mol. The summed E-state index contributed by atoms with van der Waals surface area (Å²) in [5.74, 6) is -4.06. The Balaban J connectivity index is 1.29. The number of nitrogens with zero attached hydrogens (tertiary/aromatic N) is 1. The van der Waals surface area contributed by atoms with Gasteiger partial charge in [0.25, 0.3) is 5.91 Å². The Bertz CT molecular complexity index is 1710. The fourth-order valence-electron chi connectivity index (χ4n) is 5.00. The standard InChI is InChI=1S/C35H38F2N4O8S/c1-35(2,3)32(34(47)48)40-28(44)17-38-27(43)16-39-29(45)18-49-25-14-6-21(7-15-25)30-31(33(46)41(30)24-12-10-23(37)11-13-24)50-19-26(42)20-4-8-22(36)9-5-20/h4-15,26,30-32,42H,16-19H2,1-3H3,(H,38,43)(H,39,45)(H,40,44)(H,47,48)/t26?,30-,31-,32-/m1/s1/i1D. The zero-order valence-corrected chi connectivity index (χ0v) is 28.0. The van der Waals surface area contributed by atoms with Gasteiger partial charge < -0.3 is 35.8 Å². The Labute approximate surface area is 293 Å². The van der Waals surface area contributed by atoms with Gasteiger partial charge in [-0.15, -0.1) is 11.8 Å². The fourth-order valence-corrected chi connectivity index (χ4v) is 6.30. The van der Waals surface area contributed by atoms with Crippen molar-refractivity contribution in [1.82, 2.24) is 16.0 Å². The molecular weight excluding hydrogens is 674 g/mol. The van der Waals surface area contributed by atoms with Gasteiger partial charge in [0.05, 0.1) is 25.2 Å². The van der Waals surface area contributed by atoms with E-state index in [0.29, 0.717) is 22.6 Å². The molecule has 1 fully saturated rings. The van der Waals surface area contributed by atoms with Crippen molar-refractivity contribution in [1.29, 1.82) is 0 Å². The topological polar surface area (TPSA) is 174 Å². The van der Waals surface area contributed by atoms with Crippen LogP contribution in [0.2, 0.25) is 0 Å². The van der Waals surface area contributed by atoms with Crippen molar-refractivity contribution >= 4 is 47.0 Å². The summed E-state index contributed by atoms with van der Waals surface area (Å²) in [6.07, 6.45) is -0.944. The molecular formula is C35H38F2N4O8S. The van der Waals surface area contributed by atoms with Gasteiger partial charge in [0, 0.05) is 12.8 Å². The third-order valence-corrected chi connectivity index (χ3v) is 8.98. The third-order valence-electron chi connectivity index (χ3n) is 7.66. The largest absolute Gasteiger partial charge is 0.484 e. The number of carboxylic acids is 1. The number of aliphatic carboxylic acids is 1. The molecule has 1 heterocycles. The van der Waals surface area contributed by atoms with Crippen molar-refractivity contribution in [3.63, 3.8) is 0 Å². The summed E-state index contributed by atoms with van der Waals surface area (Å²) < 4.78 is 40.0. The lowest BCUT2D eigenvalue weighted by atomic mass is 9.87. The van der Waals surface area contributed by atoms with Gasteiger partial charge in [0.15, 0.2) is 6.61 Å². The predicted octanol–water partition coefficient (Wildman–Crippen LogP) is 3.11. The van der Waals surface area contributed by atoms with Gasteiger partial charge in [-0.05, 0) is 65.1 Å². The minimum Gasteiger partial charge on any atom is -0.484 e. The molecule has 3 aromatic rings. The molecule has 0 aromatic heterocycles. The molecule has 0 radical (unpaired) electrons. The maximum absolute atomic E-state index is 13.6. The molecule has 4 rings (SSSR count). The minimum atomic E-state index is -1.33. The van der Waals surface area contributed by atoms with Crippen LogP contribution in [0.15, 0.2) is 72.8 Å². The number of carbonyl (C=O) groups excluding carboxylic acids is 4. The number of thioether (sulfide) groups is 1. The van der Waals surface area contributed by atoms with Gasteiger partial charge in [0.1, 0.15) is 28.7 Å². The van der Waals surface area contributed by atoms with Crippen LogP contribution in [-0.2, 0) is 24.0 Å². The van der Waals surface area contributed by atoms with Crippen molar-refractivity contribution in [2.45, 2.75) is 44.2 Å².